The van der Waals surface area contributed by atoms with Crippen LogP contribution in [0.4, 0.5) is 0 Å². The number of hydrogen-bond donors (Lipinski definition) is 1. The van der Waals surface area contributed by atoms with Crippen LogP contribution in [0.2, 0.25) is 5.02 Å². The first-order chi connectivity index (χ1) is 6.24. The predicted octanol–water partition coefficient (Wildman–Crippen LogP) is 1.55. The summed E-state index contributed by atoms with van der Waals surface area (Å²) in [6.45, 7) is 0.455. The molecule has 0 heterocycles. The molecule has 0 spiro atoms. The van der Waals surface area contributed by atoms with Crippen molar-refractivity contribution in [3.63, 3.8) is 0 Å². The molecule has 0 fully saturated rings. The average Bonchev–Trinajstić information content (AvgIpc) is 2.09. The molecule has 0 saturated heterocycles. The van der Waals surface area contributed by atoms with E-state index in [1.165, 1.54) is 0 Å². The predicted molar refractivity (Wildman–Crippen MR) is 57.2 cm³/mol. The second-order valence-electron chi connectivity index (χ2n) is 2.67. The number of benzene rings is 1. The summed E-state index contributed by atoms with van der Waals surface area (Å²) in [4.78, 5) is 0. The second-order valence-corrected chi connectivity index (χ2v) is 4.65. The first-order valence-corrected chi connectivity index (χ1v) is 5.89. The van der Waals surface area contributed by atoms with Crippen LogP contribution in [0.5, 0.6) is 0 Å². The molecule has 1 unspecified atom stereocenters. The third-order valence-corrected chi connectivity index (χ3v) is 3.31. The highest BCUT2D eigenvalue weighted by Gasteiger charge is 2.03. The van der Waals surface area contributed by atoms with Gasteiger partial charge in [-0.05, 0) is 11.6 Å². The lowest BCUT2D eigenvalue weighted by molar-refractivity contribution is 0.682. The molecular formula is C9H12ClNOS. The van der Waals surface area contributed by atoms with Crippen LogP contribution in [0.15, 0.2) is 24.3 Å². The molecule has 2 nitrogen and oxygen atoms in total. The smallest absolute Gasteiger partial charge is 0.0500 e. The zero-order valence-electron chi connectivity index (χ0n) is 7.20. The van der Waals surface area contributed by atoms with E-state index in [0.717, 1.165) is 5.56 Å². The van der Waals surface area contributed by atoms with Crippen molar-refractivity contribution in [3.05, 3.63) is 34.9 Å². The van der Waals surface area contributed by atoms with Gasteiger partial charge in [-0.15, -0.1) is 0 Å². The molecule has 0 aliphatic carbocycles. The molecule has 0 amide bonds. The molecule has 2 N–H and O–H groups in total. The van der Waals surface area contributed by atoms with E-state index in [4.69, 9.17) is 17.3 Å². The Morgan fingerprint density at radius 1 is 1.38 bits per heavy atom. The van der Waals surface area contributed by atoms with Crippen molar-refractivity contribution in [2.45, 2.75) is 5.75 Å². The number of hydrogen-bond acceptors (Lipinski definition) is 2. The minimum Gasteiger partial charge on any atom is -0.330 e. The summed E-state index contributed by atoms with van der Waals surface area (Å²) in [5.41, 5.74) is 6.22. The van der Waals surface area contributed by atoms with E-state index in [-0.39, 0.29) is 0 Å². The Balaban J connectivity index is 2.63. The zero-order chi connectivity index (χ0) is 9.68. The van der Waals surface area contributed by atoms with Gasteiger partial charge in [0.15, 0.2) is 0 Å². The van der Waals surface area contributed by atoms with Gasteiger partial charge in [0, 0.05) is 28.1 Å². The van der Waals surface area contributed by atoms with Crippen LogP contribution < -0.4 is 5.73 Å². The normalized spacial score (nSPS) is 12.8. The Kier molecular flexibility index (Phi) is 4.42. The minimum atomic E-state index is -0.891. The first kappa shape index (κ1) is 10.7. The van der Waals surface area contributed by atoms with Gasteiger partial charge in [-0.3, -0.25) is 4.21 Å². The van der Waals surface area contributed by atoms with Gasteiger partial charge in [0.2, 0.25) is 0 Å². The van der Waals surface area contributed by atoms with E-state index in [9.17, 15) is 4.21 Å². The molecule has 1 atom stereocenters. The van der Waals surface area contributed by atoms with Crippen molar-refractivity contribution in [2.75, 3.05) is 12.3 Å². The lowest BCUT2D eigenvalue weighted by atomic mass is 10.2. The Bertz CT molecular complexity index is 303. The number of halogens is 1. The highest BCUT2D eigenvalue weighted by Crippen LogP contribution is 2.16. The second kappa shape index (κ2) is 5.37. The van der Waals surface area contributed by atoms with Crippen LogP contribution in [0.3, 0.4) is 0 Å². The summed E-state index contributed by atoms with van der Waals surface area (Å²) >= 11 is 5.90. The summed E-state index contributed by atoms with van der Waals surface area (Å²) in [6.07, 6.45) is 0. The van der Waals surface area contributed by atoms with Crippen molar-refractivity contribution in [1.29, 1.82) is 0 Å². The monoisotopic (exact) mass is 217 g/mol. The zero-order valence-corrected chi connectivity index (χ0v) is 8.77. The van der Waals surface area contributed by atoms with Crippen LogP contribution in [-0.4, -0.2) is 16.5 Å². The van der Waals surface area contributed by atoms with Crippen molar-refractivity contribution < 1.29 is 4.21 Å². The molecule has 0 aromatic heterocycles. The molecule has 1 aromatic carbocycles. The van der Waals surface area contributed by atoms with Gasteiger partial charge in [-0.2, -0.15) is 0 Å². The third-order valence-electron chi connectivity index (χ3n) is 1.62. The Morgan fingerprint density at radius 3 is 2.69 bits per heavy atom. The molecule has 0 aliphatic heterocycles. The van der Waals surface area contributed by atoms with Gasteiger partial charge in [0.05, 0.1) is 5.75 Å². The van der Waals surface area contributed by atoms with E-state index in [1.54, 1.807) is 6.07 Å². The lowest BCUT2D eigenvalue weighted by Gasteiger charge is -2.02. The van der Waals surface area contributed by atoms with Crippen molar-refractivity contribution in [1.82, 2.24) is 0 Å². The maximum atomic E-state index is 11.3. The number of nitrogens with two attached hydrogens (primary N) is 1. The molecule has 0 aliphatic rings. The SMILES string of the molecule is NCCS(=O)Cc1ccccc1Cl. The quantitative estimate of drug-likeness (QED) is 0.832. The largest absolute Gasteiger partial charge is 0.330 e. The fourth-order valence-corrected chi connectivity index (χ4v) is 2.28. The Hall–Kier alpha value is -0.380. The molecule has 72 valence electrons. The lowest BCUT2D eigenvalue weighted by Crippen LogP contribution is -2.11. The van der Waals surface area contributed by atoms with E-state index in [2.05, 4.69) is 0 Å². The number of rotatable bonds is 4. The molecule has 13 heavy (non-hydrogen) atoms. The molecular weight excluding hydrogens is 206 g/mol. The van der Waals surface area contributed by atoms with E-state index in [1.807, 2.05) is 18.2 Å². The molecule has 1 rings (SSSR count). The molecule has 1 aromatic rings. The average molecular weight is 218 g/mol. The van der Waals surface area contributed by atoms with Crippen LogP contribution >= 0.6 is 11.6 Å². The molecule has 0 saturated carbocycles. The molecule has 0 radical (unpaired) electrons. The fraction of sp³-hybridized carbons (Fsp3) is 0.333. The Morgan fingerprint density at radius 2 is 2.08 bits per heavy atom. The first-order valence-electron chi connectivity index (χ1n) is 4.02. The van der Waals surface area contributed by atoms with Crippen LogP contribution in [0.1, 0.15) is 5.56 Å². The topological polar surface area (TPSA) is 43.1 Å². The summed E-state index contributed by atoms with van der Waals surface area (Å²) in [5, 5.41) is 0.674. The third kappa shape index (κ3) is 3.46. The van der Waals surface area contributed by atoms with E-state index in [0.29, 0.717) is 23.1 Å². The maximum Gasteiger partial charge on any atom is 0.0500 e. The van der Waals surface area contributed by atoms with Gasteiger partial charge in [0.1, 0.15) is 0 Å². The van der Waals surface area contributed by atoms with Gasteiger partial charge < -0.3 is 5.73 Å². The highest BCUT2D eigenvalue weighted by molar-refractivity contribution is 7.84. The summed E-state index contributed by atoms with van der Waals surface area (Å²) < 4.78 is 11.3. The van der Waals surface area contributed by atoms with Gasteiger partial charge in [0.25, 0.3) is 0 Å². The summed E-state index contributed by atoms with van der Waals surface area (Å²) in [7, 11) is -0.891. The highest BCUT2D eigenvalue weighted by atomic mass is 35.5. The molecule has 0 bridgehead atoms. The summed E-state index contributed by atoms with van der Waals surface area (Å²) in [5.74, 6) is 1.03. The fourth-order valence-electron chi connectivity index (χ4n) is 0.993. The van der Waals surface area contributed by atoms with Gasteiger partial charge in [-0.25, -0.2) is 0 Å². The van der Waals surface area contributed by atoms with Crippen molar-refractivity contribution >= 4 is 22.4 Å². The van der Waals surface area contributed by atoms with Gasteiger partial charge >= 0.3 is 0 Å². The van der Waals surface area contributed by atoms with E-state index < -0.39 is 10.8 Å². The standard InChI is InChI=1S/C9H12ClNOS/c10-9-4-2-1-3-8(9)7-13(12)6-5-11/h1-4H,5-7,11H2. The maximum absolute atomic E-state index is 11.3. The van der Waals surface area contributed by atoms with E-state index >= 15 is 0 Å². The Labute approximate surface area is 85.5 Å². The summed E-state index contributed by atoms with van der Waals surface area (Å²) in [6, 6.07) is 7.44. The molecule has 4 heteroatoms. The van der Waals surface area contributed by atoms with Crippen molar-refractivity contribution in [3.8, 4) is 0 Å². The van der Waals surface area contributed by atoms with Crippen LogP contribution in [-0.2, 0) is 16.6 Å². The van der Waals surface area contributed by atoms with Crippen molar-refractivity contribution in [2.24, 2.45) is 5.73 Å². The van der Waals surface area contributed by atoms with Crippen LogP contribution in [0.25, 0.3) is 0 Å². The van der Waals surface area contributed by atoms with Crippen LogP contribution in [0, 0.1) is 0 Å². The minimum absolute atomic E-state index is 0.455. The van der Waals surface area contributed by atoms with Gasteiger partial charge in [-0.1, -0.05) is 29.8 Å².